The molecular weight excluding hydrogens is 322 g/mol. The van der Waals surface area contributed by atoms with Crippen LogP contribution in [0.15, 0.2) is 28.7 Å². The largest absolute Gasteiger partial charge is 0.466 e. The van der Waals surface area contributed by atoms with Gasteiger partial charge in [-0.25, -0.2) is 4.98 Å². The summed E-state index contributed by atoms with van der Waals surface area (Å²) in [5, 5.41) is 7.24. The third-order valence-electron chi connectivity index (χ3n) is 2.75. The number of carbonyl (C=O) groups excluding carboxylic acids is 1. The van der Waals surface area contributed by atoms with Gasteiger partial charge in [-0.05, 0) is 31.0 Å². The number of hydrogen-bond donors (Lipinski definition) is 1. The second-order valence-corrected chi connectivity index (χ2v) is 5.77. The first kappa shape index (κ1) is 16.5. The summed E-state index contributed by atoms with van der Waals surface area (Å²) in [4.78, 5) is 15.6. The number of anilines is 1. The molecule has 0 amide bonds. The van der Waals surface area contributed by atoms with Crippen molar-refractivity contribution in [2.75, 3.05) is 12.0 Å². The Morgan fingerprint density at radius 2 is 2.36 bits per heavy atom. The first-order valence-electron chi connectivity index (χ1n) is 6.73. The monoisotopic (exact) mass is 337 g/mol. The molecule has 0 saturated heterocycles. The lowest BCUT2D eigenvalue weighted by molar-refractivity contribution is -0.142. The maximum atomic E-state index is 11.4. The molecule has 0 aliphatic rings. The van der Waals surface area contributed by atoms with Crippen molar-refractivity contribution in [3.8, 4) is 0 Å². The van der Waals surface area contributed by atoms with Crippen molar-refractivity contribution in [1.82, 2.24) is 4.98 Å². The Kier molecular flexibility index (Phi) is 5.91. The van der Waals surface area contributed by atoms with Crippen LogP contribution >= 0.6 is 22.9 Å². The van der Waals surface area contributed by atoms with Crippen LogP contribution in [0.2, 0.25) is 5.02 Å². The highest BCUT2D eigenvalue weighted by atomic mass is 35.5. The molecule has 5 nitrogen and oxygen atoms in total. The topological polar surface area (TPSA) is 63.6 Å². The summed E-state index contributed by atoms with van der Waals surface area (Å²) in [6, 6.07) is 5.71. The van der Waals surface area contributed by atoms with Crippen molar-refractivity contribution in [2.24, 2.45) is 5.10 Å². The summed E-state index contributed by atoms with van der Waals surface area (Å²) in [7, 11) is 0. The Labute approximate surface area is 138 Å². The van der Waals surface area contributed by atoms with Crippen LogP contribution in [0.1, 0.15) is 23.7 Å². The average Bonchev–Trinajstić information content (AvgIpc) is 2.90. The summed E-state index contributed by atoms with van der Waals surface area (Å²) in [5.74, 6) is -0.280. The predicted molar refractivity (Wildman–Crippen MR) is 89.9 cm³/mol. The van der Waals surface area contributed by atoms with Gasteiger partial charge >= 0.3 is 5.97 Å². The smallest absolute Gasteiger partial charge is 0.311 e. The summed E-state index contributed by atoms with van der Waals surface area (Å²) < 4.78 is 4.88. The number of hydrogen-bond acceptors (Lipinski definition) is 6. The van der Waals surface area contributed by atoms with Crippen LogP contribution in [-0.2, 0) is 16.0 Å². The van der Waals surface area contributed by atoms with Gasteiger partial charge in [0.2, 0.25) is 5.13 Å². The van der Waals surface area contributed by atoms with Gasteiger partial charge in [-0.15, -0.1) is 11.3 Å². The Balaban J connectivity index is 1.91. The molecule has 0 aliphatic heterocycles. The number of aromatic nitrogens is 1. The number of carbonyl (C=O) groups is 1. The molecule has 7 heteroatoms. The Bertz CT molecular complexity index is 685. The number of thiazole rings is 1. The second kappa shape index (κ2) is 7.91. The van der Waals surface area contributed by atoms with Gasteiger partial charge in [0.05, 0.1) is 24.9 Å². The fraction of sp³-hybridized carbons (Fsp3) is 0.267. The molecule has 1 aromatic heterocycles. The second-order valence-electron chi connectivity index (χ2n) is 4.50. The number of nitrogens with one attached hydrogen (secondary N) is 1. The van der Waals surface area contributed by atoms with E-state index in [9.17, 15) is 4.79 Å². The fourth-order valence-electron chi connectivity index (χ4n) is 1.65. The summed E-state index contributed by atoms with van der Waals surface area (Å²) in [6.07, 6.45) is 1.83. The van der Waals surface area contributed by atoms with Crippen molar-refractivity contribution in [3.05, 3.63) is 45.4 Å². The number of benzene rings is 1. The molecule has 0 fully saturated rings. The fourth-order valence-corrected chi connectivity index (χ4v) is 2.50. The minimum absolute atomic E-state index is 0.170. The zero-order valence-electron chi connectivity index (χ0n) is 12.3. The molecule has 1 aromatic carbocycles. The van der Waals surface area contributed by atoms with Gasteiger partial charge in [-0.2, -0.15) is 5.10 Å². The Morgan fingerprint density at radius 3 is 3.09 bits per heavy atom. The van der Waals surface area contributed by atoms with Crippen molar-refractivity contribution in [3.63, 3.8) is 0 Å². The normalized spacial score (nSPS) is 10.9. The van der Waals surface area contributed by atoms with Gasteiger partial charge in [-0.1, -0.05) is 23.7 Å². The number of nitrogens with zero attached hydrogens (tertiary/aromatic N) is 2. The van der Waals surface area contributed by atoms with Crippen molar-refractivity contribution in [1.29, 1.82) is 0 Å². The average molecular weight is 338 g/mol. The van der Waals surface area contributed by atoms with E-state index < -0.39 is 0 Å². The molecule has 0 aliphatic carbocycles. The molecule has 0 spiro atoms. The molecule has 0 unspecified atom stereocenters. The Morgan fingerprint density at radius 1 is 1.55 bits per heavy atom. The van der Waals surface area contributed by atoms with E-state index in [4.69, 9.17) is 16.3 Å². The molecular formula is C15H16ClN3O2S. The molecule has 22 heavy (non-hydrogen) atoms. The van der Waals surface area contributed by atoms with E-state index in [0.29, 0.717) is 22.5 Å². The number of aryl methyl sites for hydroxylation is 1. The van der Waals surface area contributed by atoms with Gasteiger partial charge in [0.15, 0.2) is 0 Å². The van der Waals surface area contributed by atoms with Crippen molar-refractivity contribution < 1.29 is 9.53 Å². The molecule has 116 valence electrons. The molecule has 0 saturated carbocycles. The van der Waals surface area contributed by atoms with Crippen LogP contribution in [0.3, 0.4) is 0 Å². The Hall–Kier alpha value is -1.92. The number of ether oxygens (including phenoxy) is 1. The van der Waals surface area contributed by atoms with Gasteiger partial charge in [-0.3, -0.25) is 10.2 Å². The number of hydrazone groups is 1. The lowest BCUT2D eigenvalue weighted by atomic mass is 10.2. The van der Waals surface area contributed by atoms with E-state index in [2.05, 4.69) is 15.5 Å². The van der Waals surface area contributed by atoms with Gasteiger partial charge in [0.25, 0.3) is 0 Å². The van der Waals surface area contributed by atoms with Crippen LogP contribution in [0.5, 0.6) is 0 Å². The highest BCUT2D eigenvalue weighted by molar-refractivity contribution is 7.13. The van der Waals surface area contributed by atoms with E-state index in [1.165, 1.54) is 11.3 Å². The lowest BCUT2D eigenvalue weighted by Gasteiger charge is -1.99. The minimum atomic E-state index is -0.280. The van der Waals surface area contributed by atoms with E-state index >= 15 is 0 Å². The van der Waals surface area contributed by atoms with E-state index in [1.807, 2.05) is 25.1 Å². The minimum Gasteiger partial charge on any atom is -0.466 e. The van der Waals surface area contributed by atoms with Crippen LogP contribution < -0.4 is 5.43 Å². The van der Waals surface area contributed by atoms with E-state index in [-0.39, 0.29) is 12.4 Å². The molecule has 2 aromatic rings. The highest BCUT2D eigenvalue weighted by Crippen LogP contribution is 2.17. The van der Waals surface area contributed by atoms with Gasteiger partial charge in [0.1, 0.15) is 0 Å². The molecule has 0 atom stereocenters. The molecule has 0 radical (unpaired) electrons. The maximum absolute atomic E-state index is 11.4. The summed E-state index contributed by atoms with van der Waals surface area (Å²) in [6.45, 7) is 4.09. The van der Waals surface area contributed by atoms with Crippen LogP contribution in [-0.4, -0.2) is 23.8 Å². The standard InChI is InChI=1S/C15H16ClN3O2S/c1-3-21-14(20)7-12-9-22-15(18-12)19-17-8-11-5-4-10(2)13(16)6-11/h4-6,8-9H,3,7H2,1-2H3,(H,18,19). The SMILES string of the molecule is CCOC(=O)Cc1csc(NN=Cc2ccc(C)c(Cl)c2)n1. The third kappa shape index (κ3) is 4.82. The molecule has 1 heterocycles. The van der Waals surface area contributed by atoms with Crippen LogP contribution in [0.4, 0.5) is 5.13 Å². The van der Waals surface area contributed by atoms with E-state index in [0.717, 1.165) is 11.1 Å². The number of rotatable bonds is 6. The molecule has 2 rings (SSSR count). The first-order valence-corrected chi connectivity index (χ1v) is 7.99. The number of esters is 1. The van der Waals surface area contributed by atoms with Crippen molar-refractivity contribution >= 4 is 40.3 Å². The van der Waals surface area contributed by atoms with Crippen molar-refractivity contribution in [2.45, 2.75) is 20.3 Å². The molecule has 0 bridgehead atoms. The maximum Gasteiger partial charge on any atom is 0.311 e. The zero-order chi connectivity index (χ0) is 15.9. The quantitative estimate of drug-likeness (QED) is 0.496. The van der Waals surface area contributed by atoms with Crippen LogP contribution in [0, 0.1) is 6.92 Å². The van der Waals surface area contributed by atoms with Gasteiger partial charge in [0, 0.05) is 10.4 Å². The highest BCUT2D eigenvalue weighted by Gasteiger charge is 2.07. The van der Waals surface area contributed by atoms with Crippen LogP contribution in [0.25, 0.3) is 0 Å². The number of halogens is 1. The van der Waals surface area contributed by atoms with Gasteiger partial charge < -0.3 is 4.74 Å². The molecule has 1 N–H and O–H groups in total. The predicted octanol–water partition coefficient (Wildman–Crippen LogP) is 3.66. The lowest BCUT2D eigenvalue weighted by Crippen LogP contribution is -2.07. The third-order valence-corrected chi connectivity index (χ3v) is 3.96. The summed E-state index contributed by atoms with van der Waals surface area (Å²) >= 11 is 7.43. The summed E-state index contributed by atoms with van der Waals surface area (Å²) in [5.41, 5.74) is 5.42. The first-order chi connectivity index (χ1) is 10.6. The van der Waals surface area contributed by atoms with E-state index in [1.54, 1.807) is 18.5 Å². The zero-order valence-corrected chi connectivity index (χ0v) is 13.9.